The fourth-order valence-electron chi connectivity index (χ4n) is 2.42. The zero-order valence-corrected chi connectivity index (χ0v) is 9.55. The van der Waals surface area contributed by atoms with Crippen molar-refractivity contribution in [1.82, 2.24) is 4.98 Å². The molecule has 0 fully saturated rings. The molecule has 2 nitrogen and oxygen atoms in total. The van der Waals surface area contributed by atoms with Gasteiger partial charge in [0.25, 0.3) is 0 Å². The summed E-state index contributed by atoms with van der Waals surface area (Å²) in [5.74, 6) is 0. The Kier molecular flexibility index (Phi) is 1.81. The van der Waals surface area contributed by atoms with Crippen LogP contribution in [-0.2, 0) is 0 Å². The van der Waals surface area contributed by atoms with Gasteiger partial charge in [0.05, 0.1) is 0 Å². The molecular formula is C15H8BNO. The first kappa shape index (κ1) is 9.72. The predicted molar refractivity (Wildman–Crippen MR) is 74.4 cm³/mol. The second-order valence-electron chi connectivity index (χ2n) is 4.40. The molecule has 2 aromatic carbocycles. The van der Waals surface area contributed by atoms with Crippen molar-refractivity contribution >= 4 is 46.0 Å². The van der Waals surface area contributed by atoms with Gasteiger partial charge in [0, 0.05) is 28.6 Å². The van der Waals surface area contributed by atoms with Crippen LogP contribution in [0.3, 0.4) is 0 Å². The summed E-state index contributed by atoms with van der Waals surface area (Å²) in [6, 6.07) is 11.9. The van der Waals surface area contributed by atoms with Crippen molar-refractivity contribution in [2.75, 3.05) is 0 Å². The maximum Gasteiger partial charge on any atom is 0.143 e. The third kappa shape index (κ3) is 1.22. The van der Waals surface area contributed by atoms with Crippen LogP contribution in [0.2, 0.25) is 0 Å². The highest BCUT2D eigenvalue weighted by molar-refractivity contribution is 6.33. The minimum atomic E-state index is 0.764. The molecule has 0 saturated heterocycles. The fourth-order valence-corrected chi connectivity index (χ4v) is 2.42. The molecule has 0 amide bonds. The van der Waals surface area contributed by atoms with Gasteiger partial charge in [-0.3, -0.25) is 4.98 Å². The van der Waals surface area contributed by atoms with E-state index in [-0.39, 0.29) is 0 Å². The molecule has 4 aromatic rings. The van der Waals surface area contributed by atoms with E-state index in [1.807, 2.05) is 30.5 Å². The van der Waals surface area contributed by atoms with Crippen LogP contribution < -0.4 is 5.46 Å². The Morgan fingerprint density at radius 1 is 0.944 bits per heavy atom. The average molecular weight is 229 g/mol. The molecule has 82 valence electrons. The predicted octanol–water partition coefficient (Wildman–Crippen LogP) is 2.93. The molecule has 2 heterocycles. The monoisotopic (exact) mass is 229 g/mol. The molecule has 0 aliphatic carbocycles. The van der Waals surface area contributed by atoms with Gasteiger partial charge < -0.3 is 4.42 Å². The summed E-state index contributed by atoms with van der Waals surface area (Å²) in [5.41, 5.74) is 2.53. The van der Waals surface area contributed by atoms with E-state index in [2.05, 4.69) is 17.1 Å². The molecule has 0 atom stereocenters. The largest absolute Gasteiger partial charge is 0.455 e. The highest BCUT2D eigenvalue weighted by atomic mass is 16.3. The van der Waals surface area contributed by atoms with E-state index in [9.17, 15) is 0 Å². The van der Waals surface area contributed by atoms with Crippen molar-refractivity contribution in [1.29, 1.82) is 0 Å². The molecule has 3 heteroatoms. The Labute approximate surface area is 105 Å². The summed E-state index contributed by atoms with van der Waals surface area (Å²) >= 11 is 0. The Bertz CT molecular complexity index is 895. The summed E-state index contributed by atoms with van der Waals surface area (Å²) in [7, 11) is 5.80. The molecule has 0 unspecified atom stereocenters. The van der Waals surface area contributed by atoms with Crippen LogP contribution in [0.5, 0.6) is 0 Å². The Hall–Kier alpha value is -2.29. The third-order valence-electron chi connectivity index (χ3n) is 3.28. The van der Waals surface area contributed by atoms with E-state index in [1.165, 1.54) is 0 Å². The molecular weight excluding hydrogens is 221 g/mol. The number of aromatic nitrogens is 1. The van der Waals surface area contributed by atoms with E-state index < -0.39 is 0 Å². The normalized spacial score (nSPS) is 11.6. The molecule has 0 aliphatic rings. The number of hydrogen-bond donors (Lipinski definition) is 0. The van der Waals surface area contributed by atoms with Gasteiger partial charge in [0.1, 0.15) is 19.0 Å². The van der Waals surface area contributed by atoms with Crippen LogP contribution in [0.15, 0.2) is 53.2 Å². The van der Waals surface area contributed by atoms with Crippen LogP contribution in [0.1, 0.15) is 0 Å². The summed E-state index contributed by atoms with van der Waals surface area (Å²) in [4.78, 5) is 4.15. The standard InChI is InChI=1S/C15H8BNO/c16-10-2-4-11-9(7-10)1-3-12-13-8-17-6-5-14(13)18-15(11)12/h1-8H. The Balaban J connectivity index is 2.28. The lowest BCUT2D eigenvalue weighted by Crippen LogP contribution is -1.99. The van der Waals surface area contributed by atoms with Gasteiger partial charge in [-0.2, -0.15) is 0 Å². The summed E-state index contributed by atoms with van der Waals surface area (Å²) in [6.07, 6.45) is 3.58. The zero-order valence-electron chi connectivity index (χ0n) is 9.55. The second-order valence-corrected chi connectivity index (χ2v) is 4.40. The van der Waals surface area contributed by atoms with Crippen molar-refractivity contribution in [3.05, 3.63) is 48.8 Å². The lowest BCUT2D eigenvalue weighted by Gasteiger charge is -2.00. The molecule has 0 bridgehead atoms. The number of nitrogens with zero attached hydrogens (tertiary/aromatic N) is 1. The van der Waals surface area contributed by atoms with Crippen LogP contribution >= 0.6 is 0 Å². The van der Waals surface area contributed by atoms with Gasteiger partial charge in [-0.25, -0.2) is 0 Å². The van der Waals surface area contributed by atoms with Gasteiger partial charge in [0.2, 0.25) is 0 Å². The van der Waals surface area contributed by atoms with Crippen molar-refractivity contribution in [3.8, 4) is 0 Å². The minimum Gasteiger partial charge on any atom is -0.455 e. The number of furan rings is 1. The lowest BCUT2D eigenvalue weighted by molar-refractivity contribution is 0.672. The van der Waals surface area contributed by atoms with Crippen LogP contribution in [0.25, 0.3) is 32.7 Å². The SMILES string of the molecule is [B]c1ccc2c(ccc3c4cnccc4oc23)c1. The highest BCUT2D eigenvalue weighted by Crippen LogP contribution is 2.32. The smallest absolute Gasteiger partial charge is 0.143 e. The summed E-state index contributed by atoms with van der Waals surface area (Å²) in [6.45, 7) is 0. The summed E-state index contributed by atoms with van der Waals surface area (Å²) in [5, 5.41) is 4.31. The van der Waals surface area contributed by atoms with E-state index in [4.69, 9.17) is 12.3 Å². The van der Waals surface area contributed by atoms with E-state index in [0.29, 0.717) is 0 Å². The summed E-state index contributed by atoms with van der Waals surface area (Å²) < 4.78 is 5.92. The number of pyridine rings is 1. The Morgan fingerprint density at radius 2 is 1.83 bits per heavy atom. The number of rotatable bonds is 0. The van der Waals surface area contributed by atoms with Crippen LogP contribution in [0.4, 0.5) is 0 Å². The second kappa shape index (κ2) is 3.36. The Morgan fingerprint density at radius 3 is 2.78 bits per heavy atom. The van der Waals surface area contributed by atoms with Crippen molar-refractivity contribution in [2.45, 2.75) is 0 Å². The first-order valence-electron chi connectivity index (χ1n) is 5.77. The maximum absolute atomic E-state index is 5.92. The van der Waals surface area contributed by atoms with Gasteiger partial charge in [-0.05, 0) is 17.5 Å². The minimum absolute atomic E-state index is 0.764. The molecule has 0 N–H and O–H groups in total. The van der Waals surface area contributed by atoms with Gasteiger partial charge >= 0.3 is 0 Å². The number of benzene rings is 2. The van der Waals surface area contributed by atoms with E-state index in [1.54, 1.807) is 6.20 Å². The first-order valence-corrected chi connectivity index (χ1v) is 5.77. The maximum atomic E-state index is 5.92. The van der Waals surface area contributed by atoms with Crippen LogP contribution in [0, 0.1) is 0 Å². The van der Waals surface area contributed by atoms with Crippen molar-refractivity contribution < 1.29 is 4.42 Å². The van der Waals surface area contributed by atoms with Crippen LogP contribution in [-0.4, -0.2) is 12.8 Å². The first-order chi connectivity index (χ1) is 8.83. The molecule has 4 rings (SSSR count). The van der Waals surface area contributed by atoms with Gasteiger partial charge in [0.15, 0.2) is 0 Å². The zero-order chi connectivity index (χ0) is 12.1. The van der Waals surface area contributed by atoms with Gasteiger partial charge in [-0.15, -0.1) is 0 Å². The topological polar surface area (TPSA) is 26.0 Å². The lowest BCUT2D eigenvalue weighted by atomic mass is 9.93. The third-order valence-corrected chi connectivity index (χ3v) is 3.28. The quantitative estimate of drug-likeness (QED) is 0.433. The molecule has 2 radical (unpaired) electrons. The molecule has 18 heavy (non-hydrogen) atoms. The molecule has 0 spiro atoms. The van der Waals surface area contributed by atoms with E-state index in [0.717, 1.165) is 38.2 Å². The highest BCUT2D eigenvalue weighted by Gasteiger charge is 2.09. The number of fused-ring (bicyclic) bond motifs is 5. The van der Waals surface area contributed by atoms with E-state index >= 15 is 0 Å². The molecule has 0 saturated carbocycles. The number of hydrogen-bond acceptors (Lipinski definition) is 2. The fraction of sp³-hybridized carbons (Fsp3) is 0. The van der Waals surface area contributed by atoms with Crippen molar-refractivity contribution in [3.63, 3.8) is 0 Å². The van der Waals surface area contributed by atoms with Gasteiger partial charge in [-0.1, -0.05) is 29.7 Å². The molecule has 2 aromatic heterocycles. The average Bonchev–Trinajstić information content (AvgIpc) is 2.77. The molecule has 0 aliphatic heterocycles. The van der Waals surface area contributed by atoms with Crippen molar-refractivity contribution in [2.24, 2.45) is 0 Å².